The second-order valence-corrected chi connectivity index (χ2v) is 8.05. The van der Waals surface area contributed by atoms with Gasteiger partial charge in [-0.05, 0) is 54.4 Å². The van der Waals surface area contributed by atoms with Gasteiger partial charge >= 0.3 is 6.18 Å². The SMILES string of the molecule is CNc1ncc2cc(-c3c(C)ccc4c(Nc5cccc(C(F)(F)F)c5)nn(C)c34)ccc2n1. The van der Waals surface area contributed by atoms with Crippen LogP contribution in [0.4, 0.5) is 30.6 Å². The molecule has 0 aliphatic rings. The Labute approximate surface area is 193 Å². The molecule has 2 heterocycles. The number of alkyl halides is 3. The topological polar surface area (TPSA) is 67.7 Å². The summed E-state index contributed by atoms with van der Waals surface area (Å²) in [5.41, 5.74) is 4.32. The Morgan fingerprint density at radius 3 is 2.59 bits per heavy atom. The second kappa shape index (κ2) is 8.02. The highest BCUT2D eigenvalue weighted by atomic mass is 19.4. The molecule has 9 heteroatoms. The van der Waals surface area contributed by atoms with Crippen molar-refractivity contribution in [3.05, 3.63) is 71.9 Å². The van der Waals surface area contributed by atoms with E-state index in [-0.39, 0.29) is 0 Å². The van der Waals surface area contributed by atoms with Gasteiger partial charge in [0.25, 0.3) is 0 Å². The molecule has 0 amide bonds. The first-order valence-electron chi connectivity index (χ1n) is 10.6. The molecule has 172 valence electrons. The van der Waals surface area contributed by atoms with Crippen molar-refractivity contribution in [3.8, 4) is 11.1 Å². The lowest BCUT2D eigenvalue weighted by molar-refractivity contribution is -0.137. The molecule has 0 fully saturated rings. The largest absolute Gasteiger partial charge is 0.416 e. The van der Waals surface area contributed by atoms with Gasteiger partial charge in [0, 0.05) is 42.3 Å². The van der Waals surface area contributed by atoms with Gasteiger partial charge in [-0.25, -0.2) is 9.97 Å². The summed E-state index contributed by atoms with van der Waals surface area (Å²) >= 11 is 0. The number of benzene rings is 3. The summed E-state index contributed by atoms with van der Waals surface area (Å²) in [6.45, 7) is 2.02. The fourth-order valence-electron chi connectivity index (χ4n) is 4.15. The van der Waals surface area contributed by atoms with Gasteiger partial charge in [-0.15, -0.1) is 0 Å². The number of nitrogens with zero attached hydrogens (tertiary/aromatic N) is 4. The number of nitrogens with one attached hydrogen (secondary N) is 2. The van der Waals surface area contributed by atoms with E-state index >= 15 is 0 Å². The van der Waals surface area contributed by atoms with Gasteiger partial charge in [-0.1, -0.05) is 18.2 Å². The fourth-order valence-corrected chi connectivity index (χ4v) is 4.15. The second-order valence-electron chi connectivity index (χ2n) is 8.05. The molecule has 0 saturated heterocycles. The van der Waals surface area contributed by atoms with Gasteiger partial charge in [0.2, 0.25) is 5.95 Å². The van der Waals surface area contributed by atoms with Crippen LogP contribution in [0, 0.1) is 6.92 Å². The number of fused-ring (bicyclic) bond motifs is 2. The summed E-state index contributed by atoms with van der Waals surface area (Å²) in [6, 6.07) is 15.0. The number of halogens is 3. The minimum atomic E-state index is -4.41. The van der Waals surface area contributed by atoms with E-state index in [1.165, 1.54) is 6.07 Å². The Kier molecular flexibility index (Phi) is 5.11. The number of rotatable bonds is 4. The Hall–Kier alpha value is -4.14. The molecular formula is C25H21F3N6. The molecule has 0 unspecified atom stereocenters. The van der Waals surface area contributed by atoms with Crippen LogP contribution in [-0.2, 0) is 13.2 Å². The zero-order valence-corrected chi connectivity index (χ0v) is 18.7. The summed E-state index contributed by atoms with van der Waals surface area (Å²) in [6.07, 6.45) is -2.64. The molecule has 6 nitrogen and oxygen atoms in total. The van der Waals surface area contributed by atoms with Gasteiger partial charge in [0.05, 0.1) is 16.6 Å². The molecule has 34 heavy (non-hydrogen) atoms. The Morgan fingerprint density at radius 1 is 1.00 bits per heavy atom. The third-order valence-electron chi connectivity index (χ3n) is 5.76. The number of hydrogen-bond acceptors (Lipinski definition) is 5. The van der Waals surface area contributed by atoms with Crippen LogP contribution in [0.15, 0.2) is 60.8 Å². The highest BCUT2D eigenvalue weighted by Gasteiger charge is 2.30. The molecule has 0 saturated carbocycles. The van der Waals surface area contributed by atoms with Gasteiger partial charge in [0.15, 0.2) is 5.82 Å². The van der Waals surface area contributed by atoms with Crippen molar-refractivity contribution >= 4 is 39.3 Å². The van der Waals surface area contributed by atoms with Crippen molar-refractivity contribution < 1.29 is 13.2 Å². The quantitative estimate of drug-likeness (QED) is 0.328. The van der Waals surface area contributed by atoms with Crippen LogP contribution < -0.4 is 10.6 Å². The van der Waals surface area contributed by atoms with Crippen LogP contribution in [0.2, 0.25) is 0 Å². The zero-order valence-electron chi connectivity index (χ0n) is 18.7. The number of aromatic nitrogens is 4. The predicted molar refractivity (Wildman–Crippen MR) is 128 cm³/mol. The molecule has 5 rings (SSSR count). The minimum Gasteiger partial charge on any atom is -0.357 e. The predicted octanol–water partition coefficient (Wildman–Crippen LogP) is 6.30. The molecule has 2 N–H and O–H groups in total. The summed E-state index contributed by atoms with van der Waals surface area (Å²) in [4.78, 5) is 8.78. The van der Waals surface area contributed by atoms with E-state index in [1.54, 1.807) is 24.0 Å². The van der Waals surface area contributed by atoms with E-state index in [9.17, 15) is 13.2 Å². The normalized spacial score (nSPS) is 11.8. The van der Waals surface area contributed by atoms with Crippen molar-refractivity contribution in [2.75, 3.05) is 17.7 Å². The Morgan fingerprint density at radius 2 is 1.82 bits per heavy atom. The zero-order chi connectivity index (χ0) is 24.0. The van der Waals surface area contributed by atoms with Crippen molar-refractivity contribution in [2.45, 2.75) is 13.1 Å². The molecule has 0 aliphatic carbocycles. The van der Waals surface area contributed by atoms with Crippen LogP contribution in [0.25, 0.3) is 32.9 Å². The standard InChI is InChI=1S/C25H21F3N6/c1-14-7-9-19-22(21(14)15-8-10-20-16(11-15)13-30-24(29-2)32-20)34(3)33-23(19)31-18-6-4-5-17(12-18)25(26,27)28/h4-13H,1-3H3,(H,31,33)(H,29,30,32). The average molecular weight is 462 g/mol. The summed E-state index contributed by atoms with van der Waals surface area (Å²) in [5, 5.41) is 12.3. The minimum absolute atomic E-state index is 0.320. The molecule has 0 radical (unpaired) electrons. The van der Waals surface area contributed by atoms with Gasteiger partial charge in [0.1, 0.15) is 0 Å². The fraction of sp³-hybridized carbons (Fsp3) is 0.160. The monoisotopic (exact) mass is 462 g/mol. The number of aryl methyl sites for hydroxylation is 2. The molecule has 3 aromatic carbocycles. The van der Waals surface area contributed by atoms with Gasteiger partial charge < -0.3 is 10.6 Å². The molecular weight excluding hydrogens is 441 g/mol. The van der Waals surface area contributed by atoms with E-state index in [2.05, 4.69) is 25.7 Å². The van der Waals surface area contributed by atoms with Crippen molar-refractivity contribution in [3.63, 3.8) is 0 Å². The van der Waals surface area contributed by atoms with E-state index in [0.717, 1.165) is 50.6 Å². The van der Waals surface area contributed by atoms with Crippen molar-refractivity contribution in [1.29, 1.82) is 0 Å². The highest BCUT2D eigenvalue weighted by molar-refractivity contribution is 6.03. The van der Waals surface area contributed by atoms with Crippen LogP contribution in [-0.4, -0.2) is 26.8 Å². The van der Waals surface area contributed by atoms with E-state index in [0.29, 0.717) is 17.5 Å². The maximum Gasteiger partial charge on any atom is 0.416 e. The van der Waals surface area contributed by atoms with Crippen LogP contribution >= 0.6 is 0 Å². The van der Waals surface area contributed by atoms with Crippen LogP contribution in [0.3, 0.4) is 0 Å². The Bertz CT molecular complexity index is 1540. The van der Waals surface area contributed by atoms with Gasteiger partial charge in [-0.2, -0.15) is 18.3 Å². The lowest BCUT2D eigenvalue weighted by atomic mass is 9.96. The van der Waals surface area contributed by atoms with Crippen molar-refractivity contribution in [2.24, 2.45) is 7.05 Å². The average Bonchev–Trinajstić information content (AvgIpc) is 3.13. The van der Waals surface area contributed by atoms with E-state index in [4.69, 9.17) is 0 Å². The lowest BCUT2D eigenvalue weighted by Crippen LogP contribution is -2.05. The maximum atomic E-state index is 13.1. The molecule has 5 aromatic rings. The van der Waals surface area contributed by atoms with E-state index in [1.807, 2.05) is 44.3 Å². The van der Waals surface area contributed by atoms with E-state index < -0.39 is 11.7 Å². The van der Waals surface area contributed by atoms with Crippen LogP contribution in [0.5, 0.6) is 0 Å². The summed E-state index contributed by atoms with van der Waals surface area (Å²) in [5.74, 6) is 1.04. The molecule has 0 atom stereocenters. The first-order chi connectivity index (χ1) is 16.2. The van der Waals surface area contributed by atoms with Crippen LogP contribution in [0.1, 0.15) is 11.1 Å². The highest BCUT2D eigenvalue weighted by Crippen LogP contribution is 2.37. The van der Waals surface area contributed by atoms with Gasteiger partial charge in [-0.3, -0.25) is 4.68 Å². The summed E-state index contributed by atoms with van der Waals surface area (Å²) < 4.78 is 41.2. The Balaban J connectivity index is 1.61. The maximum absolute atomic E-state index is 13.1. The third-order valence-corrected chi connectivity index (χ3v) is 5.76. The summed E-state index contributed by atoms with van der Waals surface area (Å²) in [7, 11) is 3.60. The number of anilines is 3. The molecule has 0 bridgehead atoms. The first kappa shape index (κ1) is 21.7. The lowest BCUT2D eigenvalue weighted by Gasteiger charge is -2.11. The van der Waals surface area contributed by atoms with Crippen molar-refractivity contribution in [1.82, 2.24) is 19.7 Å². The number of hydrogen-bond donors (Lipinski definition) is 2. The molecule has 2 aromatic heterocycles. The molecule has 0 spiro atoms. The first-order valence-corrected chi connectivity index (χ1v) is 10.6. The molecule has 0 aliphatic heterocycles. The smallest absolute Gasteiger partial charge is 0.357 e. The third kappa shape index (κ3) is 3.79.